The standard InChI is InChI=1S/2C39H49N9O5.2C2HF3O2/c2*1-23(2)35-30-17-28(10-11-32(30)45-36(35)31-19-47-37(43-22-44-47)25(4)24(31)3)27-12-15-48(16-13-27,20-33(40)49)26(5)53-39(51)46(7)38-29(9-8-14-42-38)21-52-34(50)18-41-6;2*3-2(4,5)1(6)7/h2*8-11,14,17,19,22-23,26-27,41,45H,12-13,15-16,18,20-21H2,1-7H3,(H-,40,49);2*(H,6,7). The van der Waals surface area contributed by atoms with Gasteiger partial charge in [-0.1, -0.05) is 52.0 Å². The van der Waals surface area contributed by atoms with Gasteiger partial charge in [0.05, 0.1) is 50.7 Å². The lowest BCUT2D eigenvalue weighted by Crippen LogP contribution is -2.62. The van der Waals surface area contributed by atoms with Gasteiger partial charge < -0.3 is 70.8 Å². The quantitative estimate of drug-likeness (QED) is 0.0142. The lowest BCUT2D eigenvalue weighted by atomic mass is 9.86. The number of likely N-dealkylation sites (tertiary alicyclic amines) is 2. The minimum atomic E-state index is -5.19. The van der Waals surface area contributed by atoms with Crippen LogP contribution in [0.1, 0.15) is 147 Å². The number of aryl methyl sites for hydroxylation is 2. The number of ether oxygens (including phenoxy) is 4. The third-order valence-electron chi connectivity index (χ3n) is 22.1. The Hall–Kier alpha value is -12.2. The van der Waals surface area contributed by atoms with Crippen molar-refractivity contribution in [3.05, 3.63) is 154 Å². The van der Waals surface area contributed by atoms with Crippen molar-refractivity contribution in [1.82, 2.24) is 59.8 Å². The van der Waals surface area contributed by atoms with Crippen LogP contribution in [0.25, 0.3) is 55.6 Å². The predicted molar refractivity (Wildman–Crippen MR) is 426 cm³/mol. The second-order valence-corrected chi connectivity index (χ2v) is 30.5. The number of rotatable bonds is 24. The van der Waals surface area contributed by atoms with Gasteiger partial charge in [0.2, 0.25) is 12.5 Å². The molecule has 0 spiro atoms. The molecule has 0 saturated carbocycles. The second kappa shape index (κ2) is 38.7. The summed E-state index contributed by atoms with van der Waals surface area (Å²) in [4.78, 5) is 121. The molecule has 4 amide bonds. The van der Waals surface area contributed by atoms with Gasteiger partial charge in [-0.3, -0.25) is 37.9 Å². The maximum Gasteiger partial charge on any atom is 0.430 e. The van der Waals surface area contributed by atoms with E-state index in [1.165, 1.54) is 54.0 Å². The first kappa shape index (κ1) is 91.7. The third kappa shape index (κ3) is 21.3. The molecule has 10 heterocycles. The van der Waals surface area contributed by atoms with Gasteiger partial charge in [-0.25, -0.2) is 38.6 Å². The van der Waals surface area contributed by atoms with Crippen molar-refractivity contribution < 1.29 is 103 Å². The van der Waals surface area contributed by atoms with E-state index in [2.05, 4.69) is 155 Å². The zero-order valence-corrected chi connectivity index (χ0v) is 69.1. The minimum Gasteiger partial charge on any atom is -0.542 e. The highest BCUT2D eigenvalue weighted by Gasteiger charge is 2.45. The van der Waals surface area contributed by atoms with Crippen LogP contribution < -0.4 is 42.1 Å². The number of carboxylic acid groups (broad SMARTS) is 2. The third-order valence-corrected chi connectivity index (χ3v) is 22.1. The van der Waals surface area contributed by atoms with E-state index in [4.69, 9.17) is 50.2 Å². The number of aliphatic carboxylic acids is 2. The van der Waals surface area contributed by atoms with E-state index < -0.39 is 72.7 Å². The number of hydrogen-bond donors (Lipinski definition) is 6. The molecule has 12 rings (SSSR count). The number of carboxylic acids is 2. The molecule has 10 aromatic rings. The number of amides is 4. The van der Waals surface area contributed by atoms with Crippen LogP contribution in [-0.4, -0.2) is 211 Å². The average molecular weight is 1680 g/mol. The number of hydrogen-bond acceptors (Lipinski definition) is 22. The maximum atomic E-state index is 13.5. The summed E-state index contributed by atoms with van der Waals surface area (Å²) in [6.07, 6.45) is 0.585. The highest BCUT2D eigenvalue weighted by Crippen LogP contribution is 2.44. The van der Waals surface area contributed by atoms with Crippen LogP contribution in [0, 0.1) is 27.7 Å². The number of fused-ring (bicyclic) bond motifs is 4. The SMILES string of the molecule is CNCC(=O)OCc1cccnc1N(C)C(=O)OC(C)[N+]1(CC(N)=O)CCC(c2ccc3[nH]c(-c4cn5ncnc5c(C)c4C)c(C(C)C)c3c2)CC1.CNCC(=O)OCc1cccnc1N(C)C(=O)OC(C)[N+]1(CC(N)=O)CCC(c2ccc3[nH]c(-c4cn5ncnc5c(C)c4C)c(C(C)C)c3c2)CC1.O=C([O-])C(F)(F)F.O=C([O-])C(F)(F)F. The fourth-order valence-electron chi connectivity index (χ4n) is 15.5. The van der Waals surface area contributed by atoms with E-state index in [1.807, 2.05) is 22.9 Å². The molecule has 8 aromatic heterocycles. The first-order valence-electron chi connectivity index (χ1n) is 38.7. The van der Waals surface area contributed by atoms with Crippen molar-refractivity contribution in [2.75, 3.05) is 90.3 Å². The first-order valence-corrected chi connectivity index (χ1v) is 38.7. The summed E-state index contributed by atoms with van der Waals surface area (Å²) in [7, 11) is 6.43. The monoisotopic (exact) mass is 1670 g/mol. The van der Waals surface area contributed by atoms with Crippen molar-refractivity contribution >= 4 is 92.6 Å². The van der Waals surface area contributed by atoms with Gasteiger partial charge in [0.15, 0.2) is 24.4 Å². The molecule has 32 nitrogen and oxygen atoms in total. The maximum absolute atomic E-state index is 13.5. The number of aromatic nitrogens is 10. The van der Waals surface area contributed by atoms with Crippen molar-refractivity contribution in [2.45, 2.75) is 157 Å². The molecule has 2 saturated heterocycles. The number of anilines is 2. The Kier molecular flexibility index (Phi) is 29.6. The molecule has 0 bridgehead atoms. The summed E-state index contributed by atoms with van der Waals surface area (Å²) in [5, 5.41) is 34.3. The fourth-order valence-corrected chi connectivity index (χ4v) is 15.5. The number of aromatic amines is 2. The van der Waals surface area contributed by atoms with E-state index in [0.29, 0.717) is 48.9 Å². The number of piperidine rings is 2. The number of alkyl halides is 6. The van der Waals surface area contributed by atoms with Crippen LogP contribution in [0.15, 0.2) is 98.1 Å². The van der Waals surface area contributed by atoms with Gasteiger partial charge in [0.25, 0.3) is 11.8 Å². The highest BCUT2D eigenvalue weighted by molar-refractivity contribution is 5.95. The van der Waals surface area contributed by atoms with Gasteiger partial charge in [-0.2, -0.15) is 36.5 Å². The van der Waals surface area contributed by atoms with Crippen LogP contribution in [0.3, 0.4) is 0 Å². The predicted octanol–water partition coefficient (Wildman–Crippen LogP) is 8.75. The fraction of sp³-hybridized carbons (Fsp3) is 0.439. The molecule has 120 heavy (non-hydrogen) atoms. The molecule has 2 aromatic carbocycles. The first-order chi connectivity index (χ1) is 56.5. The number of primary amides is 2. The number of carbonyl (C=O) groups is 8. The zero-order valence-electron chi connectivity index (χ0n) is 69.1. The summed E-state index contributed by atoms with van der Waals surface area (Å²) < 4.78 is 90.0. The Morgan fingerprint density at radius 3 is 1.20 bits per heavy atom. The number of quaternary nitrogens is 2. The Labute approximate surface area is 687 Å². The molecule has 2 fully saturated rings. The number of halogens is 6. The van der Waals surface area contributed by atoms with Gasteiger partial charge in [0, 0.05) is 122 Å². The lowest BCUT2D eigenvalue weighted by molar-refractivity contribution is -0.964. The number of H-pyrrole nitrogens is 2. The van der Waals surface area contributed by atoms with E-state index in [9.17, 15) is 55.1 Å². The van der Waals surface area contributed by atoms with Gasteiger partial charge in [-0.15, -0.1) is 0 Å². The summed E-state index contributed by atoms with van der Waals surface area (Å²) >= 11 is 0. The molecule has 0 radical (unpaired) electrons. The number of nitrogens with two attached hydrogens (primary N) is 2. The highest BCUT2D eigenvalue weighted by atomic mass is 19.4. The van der Waals surface area contributed by atoms with Crippen molar-refractivity contribution in [2.24, 2.45) is 11.5 Å². The summed E-state index contributed by atoms with van der Waals surface area (Å²) in [6.45, 7) is 23.5. The Bertz CT molecular complexity index is 5060. The van der Waals surface area contributed by atoms with Gasteiger partial charge >= 0.3 is 36.5 Å². The van der Waals surface area contributed by atoms with Crippen molar-refractivity contribution in [3.63, 3.8) is 0 Å². The molecule has 2 aliphatic rings. The Morgan fingerprint density at radius 2 is 0.892 bits per heavy atom. The van der Waals surface area contributed by atoms with Crippen molar-refractivity contribution in [1.29, 1.82) is 0 Å². The van der Waals surface area contributed by atoms with Crippen LogP contribution in [0.4, 0.5) is 47.6 Å². The molecular weight excluding hydrogens is 1580 g/mol. The van der Waals surface area contributed by atoms with Gasteiger partial charge in [0.1, 0.15) is 49.4 Å². The minimum absolute atomic E-state index is 0.0491. The summed E-state index contributed by atoms with van der Waals surface area (Å²) in [5.74, 6) is -6.11. The number of likely N-dealkylation sites (N-methyl/N-ethyl adjacent to an activating group) is 2. The summed E-state index contributed by atoms with van der Waals surface area (Å²) in [6, 6.07) is 20.3. The molecule has 2 atom stereocenters. The van der Waals surface area contributed by atoms with Crippen molar-refractivity contribution in [3.8, 4) is 22.5 Å². The van der Waals surface area contributed by atoms with Gasteiger partial charge in [-0.05, 0) is 146 Å². The molecule has 0 aliphatic carbocycles. The number of esters is 2. The molecular formula is C82H100F6N18O14. The topological polar surface area (TPSA) is 420 Å². The largest absolute Gasteiger partial charge is 0.542 e. The Balaban J connectivity index is 0.000000235. The molecule has 38 heteroatoms. The van der Waals surface area contributed by atoms with Crippen LogP contribution in [-0.2, 0) is 60.9 Å². The van der Waals surface area contributed by atoms with Crippen LogP contribution in [0.2, 0.25) is 0 Å². The normalized spacial score (nSPS) is 17.2. The average Bonchev–Trinajstić information content (AvgIpc) is 1.60. The number of nitrogens with zero attached hydrogens (tertiary/aromatic N) is 12. The molecule has 2 unspecified atom stereocenters. The van der Waals surface area contributed by atoms with E-state index >= 15 is 0 Å². The number of pyridine rings is 4. The number of benzene rings is 2. The van der Waals surface area contributed by atoms with E-state index in [0.717, 1.165) is 81.7 Å². The van der Waals surface area contributed by atoms with E-state index in [1.54, 1.807) is 77.5 Å². The Morgan fingerprint density at radius 1 is 0.550 bits per heavy atom. The van der Waals surface area contributed by atoms with E-state index in [-0.39, 0.29) is 72.0 Å². The second-order valence-electron chi connectivity index (χ2n) is 30.5. The smallest absolute Gasteiger partial charge is 0.430 e. The molecule has 644 valence electrons. The molecule has 8 N–H and O–H groups in total. The number of carbonyl (C=O) groups excluding carboxylic acids is 8. The molecule has 2 aliphatic heterocycles. The van der Waals surface area contributed by atoms with Crippen LogP contribution >= 0.6 is 0 Å². The zero-order chi connectivity index (χ0) is 88.2. The van der Waals surface area contributed by atoms with Crippen LogP contribution in [0.5, 0.6) is 0 Å². The lowest BCUT2D eigenvalue weighted by Gasteiger charge is -2.46. The number of nitrogens with one attached hydrogen (secondary N) is 4. The summed E-state index contributed by atoms with van der Waals surface area (Å²) in [5.41, 5.74) is 30.5.